The van der Waals surface area contributed by atoms with Gasteiger partial charge < -0.3 is 0 Å². The number of hydrogen-bond acceptors (Lipinski definition) is 1. The molecule has 0 aromatic heterocycles. The summed E-state index contributed by atoms with van der Waals surface area (Å²) in [5.74, 6) is -0.245. The molecule has 0 saturated carbocycles. The Morgan fingerprint density at radius 3 is 2.00 bits per heavy atom. The quantitative estimate of drug-likeness (QED) is 0.631. The van der Waals surface area contributed by atoms with Gasteiger partial charge in [-0.15, -0.1) is 0 Å². The molecule has 0 aliphatic rings. The van der Waals surface area contributed by atoms with Crippen LogP contribution in [0.5, 0.6) is 0 Å². The van der Waals surface area contributed by atoms with E-state index in [-0.39, 0.29) is 5.78 Å². The third-order valence-corrected chi connectivity index (χ3v) is 4.05. The lowest BCUT2D eigenvalue weighted by atomic mass is 10.0. The third-order valence-electron chi connectivity index (χ3n) is 2.72. The fraction of sp³-hybridized carbons (Fsp3) is 0.0714. The lowest BCUT2D eigenvalue weighted by Crippen LogP contribution is -2.02. The van der Waals surface area contributed by atoms with Crippen LogP contribution in [0.4, 0.5) is 0 Å². The number of rotatable bonds is 2. The number of ketones is 1. The molecule has 0 heterocycles. The van der Waals surface area contributed by atoms with Crippen LogP contribution < -0.4 is 0 Å². The molecule has 0 fully saturated rings. The van der Waals surface area contributed by atoms with Crippen molar-refractivity contribution in [2.45, 2.75) is 6.92 Å². The molecule has 98 valence electrons. The summed E-state index contributed by atoms with van der Waals surface area (Å²) in [5, 5.41) is 1.66. The predicted octanol–water partition coefficient (Wildman–Crippen LogP) is 5.84. The SMILES string of the molecule is Cc1c(Cl)cc(C(=O)c2ccc(Cl)cc2Cl)cc1Cl. The van der Waals surface area contributed by atoms with Crippen LogP contribution in [0.3, 0.4) is 0 Å². The Hall–Kier alpha value is -0.730. The van der Waals surface area contributed by atoms with Crippen molar-refractivity contribution in [3.05, 3.63) is 67.1 Å². The molecule has 2 aromatic rings. The molecule has 0 unspecified atom stereocenters. The number of benzene rings is 2. The van der Waals surface area contributed by atoms with E-state index in [4.69, 9.17) is 46.4 Å². The van der Waals surface area contributed by atoms with E-state index in [0.29, 0.717) is 31.2 Å². The van der Waals surface area contributed by atoms with Crippen LogP contribution in [-0.2, 0) is 0 Å². The molecular formula is C14H8Cl4O. The second kappa shape index (κ2) is 5.72. The van der Waals surface area contributed by atoms with E-state index in [1.807, 2.05) is 0 Å². The van der Waals surface area contributed by atoms with Gasteiger partial charge in [0.1, 0.15) is 0 Å². The molecule has 0 aliphatic carbocycles. The minimum Gasteiger partial charge on any atom is -0.289 e. The first-order chi connectivity index (χ1) is 8.90. The highest BCUT2D eigenvalue weighted by Crippen LogP contribution is 2.29. The van der Waals surface area contributed by atoms with Crippen LogP contribution in [0.2, 0.25) is 20.1 Å². The highest BCUT2D eigenvalue weighted by molar-refractivity contribution is 6.39. The molecule has 19 heavy (non-hydrogen) atoms. The van der Waals surface area contributed by atoms with Crippen molar-refractivity contribution in [1.29, 1.82) is 0 Å². The van der Waals surface area contributed by atoms with E-state index in [0.717, 1.165) is 5.56 Å². The predicted molar refractivity (Wildman–Crippen MR) is 81.1 cm³/mol. The molecule has 0 bridgehead atoms. The Bertz CT molecular complexity index is 641. The summed E-state index contributed by atoms with van der Waals surface area (Å²) in [4.78, 5) is 12.3. The van der Waals surface area contributed by atoms with Gasteiger partial charge in [0.15, 0.2) is 5.78 Å². The van der Waals surface area contributed by atoms with Crippen LogP contribution in [-0.4, -0.2) is 5.78 Å². The zero-order valence-corrected chi connectivity index (χ0v) is 12.8. The summed E-state index contributed by atoms with van der Waals surface area (Å²) in [7, 11) is 0. The monoisotopic (exact) mass is 332 g/mol. The van der Waals surface area contributed by atoms with Gasteiger partial charge in [0.2, 0.25) is 0 Å². The van der Waals surface area contributed by atoms with Gasteiger partial charge >= 0.3 is 0 Å². The zero-order chi connectivity index (χ0) is 14.2. The fourth-order valence-electron chi connectivity index (χ4n) is 1.61. The van der Waals surface area contributed by atoms with Crippen molar-refractivity contribution in [1.82, 2.24) is 0 Å². The van der Waals surface area contributed by atoms with Crippen molar-refractivity contribution in [2.75, 3.05) is 0 Å². The van der Waals surface area contributed by atoms with Crippen LogP contribution >= 0.6 is 46.4 Å². The summed E-state index contributed by atoms with van der Waals surface area (Å²) >= 11 is 23.9. The molecule has 0 radical (unpaired) electrons. The van der Waals surface area contributed by atoms with Gasteiger partial charge in [0, 0.05) is 26.2 Å². The molecule has 0 N–H and O–H groups in total. The molecule has 5 heteroatoms. The van der Waals surface area contributed by atoms with E-state index in [9.17, 15) is 4.79 Å². The average molecular weight is 334 g/mol. The summed E-state index contributed by atoms with van der Waals surface area (Å²) in [6, 6.07) is 7.87. The topological polar surface area (TPSA) is 17.1 Å². The lowest BCUT2D eigenvalue weighted by Gasteiger charge is -2.07. The van der Waals surface area contributed by atoms with E-state index in [2.05, 4.69) is 0 Å². The Morgan fingerprint density at radius 1 is 0.895 bits per heavy atom. The molecule has 2 rings (SSSR count). The summed E-state index contributed by atoms with van der Waals surface area (Å²) in [5.41, 5.74) is 1.49. The van der Waals surface area contributed by atoms with E-state index >= 15 is 0 Å². The minimum absolute atomic E-state index is 0.245. The minimum atomic E-state index is -0.245. The maximum atomic E-state index is 12.3. The maximum Gasteiger partial charge on any atom is 0.194 e. The summed E-state index contributed by atoms with van der Waals surface area (Å²) < 4.78 is 0. The number of carbonyl (C=O) groups excluding carboxylic acids is 1. The first kappa shape index (κ1) is 14.7. The van der Waals surface area contributed by atoms with Crippen LogP contribution in [0.15, 0.2) is 30.3 Å². The van der Waals surface area contributed by atoms with Gasteiger partial charge in [0.25, 0.3) is 0 Å². The lowest BCUT2D eigenvalue weighted by molar-refractivity contribution is 0.103. The van der Waals surface area contributed by atoms with Crippen molar-refractivity contribution in [3.8, 4) is 0 Å². The molecule has 0 spiro atoms. The Morgan fingerprint density at radius 2 is 1.47 bits per heavy atom. The van der Waals surface area contributed by atoms with Crippen molar-refractivity contribution >= 4 is 52.2 Å². The van der Waals surface area contributed by atoms with E-state index in [1.165, 1.54) is 6.07 Å². The first-order valence-electron chi connectivity index (χ1n) is 5.35. The van der Waals surface area contributed by atoms with Crippen LogP contribution in [0.1, 0.15) is 21.5 Å². The standard InChI is InChI=1S/C14H8Cl4O/c1-7-11(16)4-8(5-12(7)17)14(19)10-3-2-9(15)6-13(10)18/h2-6H,1H3. The van der Waals surface area contributed by atoms with Gasteiger partial charge in [-0.25, -0.2) is 0 Å². The van der Waals surface area contributed by atoms with Gasteiger partial charge in [0.05, 0.1) is 5.02 Å². The molecule has 0 atom stereocenters. The second-order valence-electron chi connectivity index (χ2n) is 4.02. The van der Waals surface area contributed by atoms with E-state index < -0.39 is 0 Å². The molecule has 0 amide bonds. The van der Waals surface area contributed by atoms with Crippen molar-refractivity contribution < 1.29 is 4.79 Å². The number of halogens is 4. The fourth-order valence-corrected chi connectivity index (χ4v) is 2.59. The molecule has 0 saturated heterocycles. The second-order valence-corrected chi connectivity index (χ2v) is 5.68. The highest BCUT2D eigenvalue weighted by atomic mass is 35.5. The molecule has 2 aromatic carbocycles. The normalized spacial score (nSPS) is 10.6. The molecular weight excluding hydrogens is 326 g/mol. The maximum absolute atomic E-state index is 12.3. The molecule has 0 aliphatic heterocycles. The number of carbonyl (C=O) groups is 1. The first-order valence-corrected chi connectivity index (χ1v) is 6.86. The summed E-state index contributed by atoms with van der Waals surface area (Å²) in [6.45, 7) is 1.79. The van der Waals surface area contributed by atoms with E-state index in [1.54, 1.807) is 31.2 Å². The van der Waals surface area contributed by atoms with Gasteiger partial charge in [-0.05, 0) is 42.8 Å². The zero-order valence-electron chi connectivity index (χ0n) is 9.81. The number of hydrogen-bond donors (Lipinski definition) is 0. The van der Waals surface area contributed by atoms with Gasteiger partial charge in [-0.1, -0.05) is 46.4 Å². The van der Waals surface area contributed by atoms with Crippen LogP contribution in [0.25, 0.3) is 0 Å². The van der Waals surface area contributed by atoms with Gasteiger partial charge in [-0.3, -0.25) is 4.79 Å². The van der Waals surface area contributed by atoms with Crippen molar-refractivity contribution in [2.24, 2.45) is 0 Å². The Labute approximate surface area is 131 Å². The largest absolute Gasteiger partial charge is 0.289 e. The highest BCUT2D eigenvalue weighted by Gasteiger charge is 2.15. The average Bonchev–Trinajstić information content (AvgIpc) is 2.34. The van der Waals surface area contributed by atoms with Crippen molar-refractivity contribution in [3.63, 3.8) is 0 Å². The smallest absolute Gasteiger partial charge is 0.194 e. The third kappa shape index (κ3) is 3.06. The van der Waals surface area contributed by atoms with Gasteiger partial charge in [-0.2, -0.15) is 0 Å². The Kier molecular flexibility index (Phi) is 4.42. The summed E-state index contributed by atoms with van der Waals surface area (Å²) in [6.07, 6.45) is 0. The Balaban J connectivity index is 2.50. The molecule has 1 nitrogen and oxygen atoms in total. The van der Waals surface area contributed by atoms with Crippen LogP contribution in [0, 0.1) is 6.92 Å².